The molecule has 1 rings (SSSR count). The van der Waals surface area contributed by atoms with Gasteiger partial charge in [-0.1, -0.05) is 0 Å². The zero-order valence-corrected chi connectivity index (χ0v) is 15.1. The lowest BCUT2D eigenvalue weighted by atomic mass is 10.1. The van der Waals surface area contributed by atoms with Crippen molar-refractivity contribution in [3.05, 3.63) is 29.8 Å². The molecule has 1 aromatic carbocycles. The smallest absolute Gasteiger partial charge is 0.406 e. The maximum atomic E-state index is 12.5. The minimum atomic E-state index is -3.46. The lowest BCUT2D eigenvalue weighted by Gasteiger charge is -2.17. The van der Waals surface area contributed by atoms with Crippen molar-refractivity contribution in [2.24, 2.45) is 0 Å². The van der Waals surface area contributed by atoms with E-state index in [0.29, 0.717) is 11.3 Å². The fourth-order valence-electron chi connectivity index (χ4n) is 1.67. The third-order valence-corrected chi connectivity index (χ3v) is 4.32. The zero-order valence-electron chi connectivity index (χ0n) is 14.2. The van der Waals surface area contributed by atoms with E-state index in [9.17, 15) is 9.36 Å². The molecule has 23 heavy (non-hydrogen) atoms. The molecule has 0 amide bonds. The Morgan fingerprint density at radius 2 is 1.61 bits per heavy atom. The van der Waals surface area contributed by atoms with Gasteiger partial charge in [0.05, 0.1) is 12.2 Å². The van der Waals surface area contributed by atoms with Crippen molar-refractivity contribution < 1.29 is 23.1 Å². The maximum Gasteiger partial charge on any atom is 0.406 e. The quantitative estimate of drug-likeness (QED) is 0.422. The molecule has 1 aromatic rings. The SMILES string of the molecule is CC(=O)c1ccc(OCC#CP(=O)(OC(C)C)OC(C)C)cc1. The van der Waals surface area contributed by atoms with Gasteiger partial charge < -0.3 is 4.74 Å². The van der Waals surface area contributed by atoms with Crippen molar-refractivity contribution >= 4 is 13.4 Å². The Bertz CT molecular complexity index is 609. The fraction of sp³-hybridized carbons (Fsp3) is 0.471. The average molecular weight is 338 g/mol. The van der Waals surface area contributed by atoms with Crippen LogP contribution in [0.15, 0.2) is 24.3 Å². The van der Waals surface area contributed by atoms with Crippen LogP contribution < -0.4 is 4.74 Å². The van der Waals surface area contributed by atoms with E-state index in [-0.39, 0.29) is 24.6 Å². The van der Waals surface area contributed by atoms with Crippen LogP contribution in [0.4, 0.5) is 0 Å². The number of carbonyl (C=O) groups is 1. The summed E-state index contributed by atoms with van der Waals surface area (Å²) in [6, 6.07) is 6.74. The van der Waals surface area contributed by atoms with Crippen LogP contribution in [0.5, 0.6) is 5.75 Å². The van der Waals surface area contributed by atoms with Crippen molar-refractivity contribution in [3.8, 4) is 17.3 Å². The van der Waals surface area contributed by atoms with Crippen molar-refractivity contribution in [3.63, 3.8) is 0 Å². The van der Waals surface area contributed by atoms with E-state index >= 15 is 0 Å². The van der Waals surface area contributed by atoms with E-state index in [2.05, 4.69) is 11.6 Å². The first-order valence-corrected chi connectivity index (χ1v) is 8.97. The summed E-state index contributed by atoms with van der Waals surface area (Å²) in [7, 11) is -3.46. The molecule has 0 aliphatic rings. The van der Waals surface area contributed by atoms with Crippen LogP contribution in [0.2, 0.25) is 0 Å². The zero-order chi connectivity index (χ0) is 17.5. The first-order chi connectivity index (χ1) is 10.7. The van der Waals surface area contributed by atoms with Gasteiger partial charge >= 0.3 is 7.60 Å². The molecule has 0 unspecified atom stereocenters. The second-order valence-electron chi connectivity index (χ2n) is 5.46. The molecule has 0 aliphatic heterocycles. The van der Waals surface area contributed by atoms with Gasteiger partial charge in [-0.05, 0) is 64.8 Å². The van der Waals surface area contributed by atoms with E-state index in [1.165, 1.54) is 6.92 Å². The van der Waals surface area contributed by atoms with E-state index < -0.39 is 7.60 Å². The Balaban J connectivity index is 2.66. The Hall–Kier alpha value is -1.60. The first-order valence-electron chi connectivity index (χ1n) is 7.42. The normalized spacial score (nSPS) is 11.3. The minimum absolute atomic E-state index is 0.00560. The van der Waals surface area contributed by atoms with E-state index in [4.69, 9.17) is 13.8 Å². The standard InChI is InChI=1S/C17H23O5P/c1-13(2)21-23(19,22-14(3)4)12-6-11-20-17-9-7-16(8-10-17)15(5)18/h7-10,13-14H,11H2,1-5H3. The van der Waals surface area contributed by atoms with Crippen LogP contribution >= 0.6 is 7.60 Å². The number of hydrogen-bond acceptors (Lipinski definition) is 5. The first kappa shape index (κ1) is 19.4. The highest BCUT2D eigenvalue weighted by Gasteiger charge is 2.24. The summed E-state index contributed by atoms with van der Waals surface area (Å²) in [5.74, 6) is 3.24. The number of benzene rings is 1. The highest BCUT2D eigenvalue weighted by molar-refractivity contribution is 7.59. The van der Waals surface area contributed by atoms with Crippen LogP contribution in [0.1, 0.15) is 45.0 Å². The fourth-order valence-corrected chi connectivity index (χ4v) is 3.19. The van der Waals surface area contributed by atoms with E-state index in [0.717, 1.165) is 0 Å². The molecule has 6 heteroatoms. The molecule has 0 bridgehead atoms. The van der Waals surface area contributed by atoms with E-state index in [1.54, 1.807) is 52.0 Å². The van der Waals surface area contributed by atoms with Gasteiger partial charge in [0.25, 0.3) is 0 Å². The molecular formula is C17H23O5P. The average Bonchev–Trinajstić information content (AvgIpc) is 2.42. The van der Waals surface area contributed by atoms with Crippen LogP contribution in [0, 0.1) is 11.6 Å². The molecule has 0 saturated heterocycles. The maximum absolute atomic E-state index is 12.5. The highest BCUT2D eigenvalue weighted by atomic mass is 31.2. The second kappa shape index (κ2) is 8.88. The van der Waals surface area contributed by atoms with E-state index in [1.807, 2.05) is 0 Å². The lowest BCUT2D eigenvalue weighted by molar-refractivity contribution is 0.101. The number of ketones is 1. The molecule has 0 atom stereocenters. The molecule has 0 N–H and O–H groups in total. The summed E-state index contributed by atoms with van der Waals surface area (Å²) in [5.41, 5.74) is 3.16. The molecule has 5 nitrogen and oxygen atoms in total. The van der Waals surface area contributed by atoms with Crippen molar-refractivity contribution in [1.29, 1.82) is 0 Å². The predicted molar refractivity (Wildman–Crippen MR) is 89.8 cm³/mol. The third-order valence-electron chi connectivity index (χ3n) is 2.49. The number of hydrogen-bond donors (Lipinski definition) is 0. The van der Waals surface area contributed by atoms with Gasteiger partial charge in [-0.25, -0.2) is 4.57 Å². The minimum Gasteiger partial charge on any atom is -0.481 e. The largest absolute Gasteiger partial charge is 0.481 e. The van der Waals surface area contributed by atoms with Crippen molar-refractivity contribution in [2.75, 3.05) is 6.61 Å². The Kier molecular flexibility index (Phi) is 7.51. The van der Waals surface area contributed by atoms with Crippen LogP contribution in [0.25, 0.3) is 0 Å². The second-order valence-corrected chi connectivity index (χ2v) is 7.10. The summed E-state index contributed by atoms with van der Waals surface area (Å²) in [6.07, 6.45) is -0.511. The van der Waals surface area contributed by atoms with Crippen molar-refractivity contribution in [2.45, 2.75) is 46.8 Å². The predicted octanol–water partition coefficient (Wildman–Crippen LogP) is 4.27. The van der Waals surface area contributed by atoms with Crippen molar-refractivity contribution in [1.82, 2.24) is 0 Å². The Morgan fingerprint density at radius 1 is 1.09 bits per heavy atom. The van der Waals surface area contributed by atoms with Gasteiger partial charge in [0.15, 0.2) is 5.78 Å². The molecule has 126 valence electrons. The summed E-state index contributed by atoms with van der Waals surface area (Å²) >= 11 is 0. The molecular weight excluding hydrogens is 315 g/mol. The van der Waals surface area contributed by atoms with Gasteiger partial charge in [-0.15, -0.1) is 0 Å². The molecule has 0 spiro atoms. The molecule has 0 heterocycles. The van der Waals surface area contributed by atoms with Gasteiger partial charge in [0.1, 0.15) is 12.4 Å². The number of rotatable bonds is 7. The molecule has 0 fully saturated rings. The highest BCUT2D eigenvalue weighted by Crippen LogP contribution is 2.49. The topological polar surface area (TPSA) is 61.8 Å². The monoisotopic (exact) mass is 338 g/mol. The summed E-state index contributed by atoms with van der Waals surface area (Å²) < 4.78 is 28.5. The van der Waals surface area contributed by atoms with Gasteiger partial charge in [-0.3, -0.25) is 13.8 Å². The number of carbonyl (C=O) groups excluding carboxylic acids is 1. The summed E-state index contributed by atoms with van der Waals surface area (Å²) in [6.45, 7) is 8.63. The third kappa shape index (κ3) is 7.47. The summed E-state index contributed by atoms with van der Waals surface area (Å²) in [4.78, 5) is 11.2. The molecule has 0 aromatic heterocycles. The van der Waals surface area contributed by atoms with Crippen LogP contribution in [-0.4, -0.2) is 24.6 Å². The molecule has 0 saturated carbocycles. The van der Waals surface area contributed by atoms with Gasteiger partial charge in [0, 0.05) is 11.2 Å². The number of ether oxygens (including phenoxy) is 1. The molecule has 0 aliphatic carbocycles. The Labute approximate surface area is 137 Å². The van der Waals surface area contributed by atoms with Crippen LogP contribution in [0.3, 0.4) is 0 Å². The van der Waals surface area contributed by atoms with Gasteiger partial charge in [0.2, 0.25) is 0 Å². The Morgan fingerprint density at radius 3 is 2.04 bits per heavy atom. The lowest BCUT2D eigenvalue weighted by Crippen LogP contribution is -2.07. The van der Waals surface area contributed by atoms with Crippen LogP contribution in [-0.2, 0) is 13.6 Å². The number of Topliss-reactive ketones (excluding diaryl/α,β-unsaturated/α-hetero) is 1. The van der Waals surface area contributed by atoms with Gasteiger partial charge in [-0.2, -0.15) is 0 Å². The summed E-state index contributed by atoms with van der Waals surface area (Å²) in [5, 5.41) is 0. The molecule has 0 radical (unpaired) electrons.